The van der Waals surface area contributed by atoms with Crippen LogP contribution < -0.4 is 0 Å². The first-order chi connectivity index (χ1) is 6.72. The Morgan fingerprint density at radius 1 is 1.50 bits per heavy atom. The molecule has 2 atom stereocenters. The minimum absolute atomic E-state index is 0.476. The lowest BCUT2D eigenvalue weighted by Gasteiger charge is -2.36. The van der Waals surface area contributed by atoms with Gasteiger partial charge >= 0.3 is 0 Å². The summed E-state index contributed by atoms with van der Waals surface area (Å²) < 4.78 is 10.8. The molecule has 1 aromatic rings. The van der Waals surface area contributed by atoms with Gasteiger partial charge in [-0.2, -0.15) is 0 Å². The molecule has 3 nitrogen and oxygen atoms in total. The lowest BCUT2D eigenvalue weighted by atomic mass is 9.89. The summed E-state index contributed by atoms with van der Waals surface area (Å²) in [5, 5.41) is 10.1. The van der Waals surface area contributed by atoms with Crippen LogP contribution in [0.25, 0.3) is 0 Å². The van der Waals surface area contributed by atoms with Gasteiger partial charge in [0.1, 0.15) is 11.9 Å². The fraction of sp³-hybridized carbons (Fsp3) is 0.636. The number of hydrogen-bond acceptors (Lipinski definition) is 3. The third kappa shape index (κ3) is 1.70. The number of furan rings is 1. The van der Waals surface area contributed by atoms with Crippen LogP contribution in [0.2, 0.25) is 0 Å². The summed E-state index contributed by atoms with van der Waals surface area (Å²) >= 11 is 0. The zero-order valence-corrected chi connectivity index (χ0v) is 8.40. The Hall–Kier alpha value is -0.800. The maximum Gasteiger partial charge on any atom is 0.140 e. The van der Waals surface area contributed by atoms with Crippen molar-refractivity contribution in [3.8, 4) is 0 Å². The highest BCUT2D eigenvalue weighted by Crippen LogP contribution is 2.36. The fourth-order valence-corrected chi connectivity index (χ4v) is 1.92. The molecule has 0 aromatic carbocycles. The Balaban J connectivity index is 2.13. The lowest BCUT2D eigenvalue weighted by Crippen LogP contribution is -2.39. The second kappa shape index (κ2) is 3.75. The zero-order chi connectivity index (χ0) is 10.0. The van der Waals surface area contributed by atoms with Crippen LogP contribution in [-0.2, 0) is 4.74 Å². The van der Waals surface area contributed by atoms with Crippen molar-refractivity contribution in [3.05, 3.63) is 24.2 Å². The molecule has 0 aliphatic carbocycles. The zero-order valence-electron chi connectivity index (χ0n) is 8.40. The summed E-state index contributed by atoms with van der Waals surface area (Å²) in [5.74, 6) is 0.592. The molecule has 1 aliphatic rings. The molecule has 1 aromatic heterocycles. The van der Waals surface area contributed by atoms with Crippen LogP contribution >= 0.6 is 0 Å². The second-order valence-electron chi connectivity index (χ2n) is 4.04. The van der Waals surface area contributed by atoms with Gasteiger partial charge < -0.3 is 14.3 Å². The number of ether oxygens (including phenoxy) is 1. The van der Waals surface area contributed by atoms with Gasteiger partial charge in [-0.25, -0.2) is 0 Å². The Morgan fingerprint density at radius 3 is 2.93 bits per heavy atom. The third-order valence-corrected chi connectivity index (χ3v) is 2.89. The molecule has 1 N–H and O–H groups in total. The van der Waals surface area contributed by atoms with Gasteiger partial charge in [-0.05, 0) is 38.3 Å². The van der Waals surface area contributed by atoms with Crippen LogP contribution in [0.3, 0.4) is 0 Å². The van der Waals surface area contributed by atoms with Crippen molar-refractivity contribution in [3.63, 3.8) is 0 Å². The predicted octanol–water partition coefficient (Wildman–Crippen LogP) is 2.27. The minimum atomic E-state index is -0.655. The van der Waals surface area contributed by atoms with E-state index in [4.69, 9.17) is 9.15 Å². The molecule has 2 unspecified atom stereocenters. The average molecular weight is 196 g/mol. The normalized spacial score (nSPS) is 30.1. The van der Waals surface area contributed by atoms with Crippen LogP contribution in [0.4, 0.5) is 0 Å². The van der Waals surface area contributed by atoms with Crippen LogP contribution in [0, 0.1) is 0 Å². The van der Waals surface area contributed by atoms with Gasteiger partial charge in [0.2, 0.25) is 0 Å². The van der Waals surface area contributed by atoms with Crippen molar-refractivity contribution in [2.24, 2.45) is 0 Å². The Morgan fingerprint density at radius 2 is 2.36 bits per heavy atom. The van der Waals surface area contributed by atoms with E-state index >= 15 is 0 Å². The molecular formula is C11H16O3. The highest BCUT2D eigenvalue weighted by Gasteiger charge is 2.38. The quantitative estimate of drug-likeness (QED) is 0.789. The van der Waals surface area contributed by atoms with Gasteiger partial charge in [-0.15, -0.1) is 0 Å². The van der Waals surface area contributed by atoms with E-state index in [1.807, 2.05) is 6.92 Å². The van der Waals surface area contributed by atoms with Gasteiger partial charge in [0.25, 0.3) is 0 Å². The molecule has 0 radical (unpaired) electrons. The molecule has 2 rings (SSSR count). The van der Waals surface area contributed by atoms with E-state index in [0.29, 0.717) is 5.76 Å². The van der Waals surface area contributed by atoms with E-state index in [2.05, 4.69) is 0 Å². The van der Waals surface area contributed by atoms with E-state index in [-0.39, 0.29) is 0 Å². The largest absolute Gasteiger partial charge is 0.466 e. The summed E-state index contributed by atoms with van der Waals surface area (Å²) in [5.41, 5.74) is -0.476. The first kappa shape index (κ1) is 9.74. The van der Waals surface area contributed by atoms with Crippen molar-refractivity contribution < 1.29 is 14.3 Å². The molecule has 1 fully saturated rings. The Kier molecular flexibility index (Phi) is 2.61. The van der Waals surface area contributed by atoms with Gasteiger partial charge in [0.05, 0.1) is 11.9 Å². The summed E-state index contributed by atoms with van der Waals surface area (Å²) in [6, 6.07) is 3.57. The molecule has 0 amide bonds. The van der Waals surface area contributed by atoms with Gasteiger partial charge in [0, 0.05) is 6.61 Å². The number of aliphatic hydroxyl groups excluding tert-OH is 1. The Labute approximate surface area is 83.7 Å². The molecule has 0 spiro atoms. The molecule has 0 bridgehead atoms. The maximum absolute atomic E-state index is 10.1. The number of aliphatic hydroxyl groups is 1. The molecule has 3 heteroatoms. The summed E-state index contributed by atoms with van der Waals surface area (Å²) in [4.78, 5) is 0. The van der Waals surface area contributed by atoms with Crippen molar-refractivity contribution in [2.45, 2.75) is 37.9 Å². The monoisotopic (exact) mass is 196 g/mol. The van der Waals surface area contributed by atoms with Crippen molar-refractivity contribution in [1.29, 1.82) is 0 Å². The topological polar surface area (TPSA) is 42.6 Å². The summed E-state index contributed by atoms with van der Waals surface area (Å²) in [6.07, 6.45) is 3.99. The smallest absolute Gasteiger partial charge is 0.140 e. The standard InChI is InChI=1S/C11H16O3/c1-11(6-2-3-8-14-11)10(12)9-5-4-7-13-9/h4-5,7,10,12H,2-3,6,8H2,1H3. The Bertz CT molecular complexity index is 273. The van der Waals surface area contributed by atoms with Gasteiger partial charge in [0.15, 0.2) is 0 Å². The van der Waals surface area contributed by atoms with Crippen LogP contribution in [0.5, 0.6) is 0 Å². The first-order valence-corrected chi connectivity index (χ1v) is 5.08. The SMILES string of the molecule is CC1(C(O)c2ccco2)CCCCO1. The van der Waals surface area contributed by atoms with Crippen LogP contribution in [0.1, 0.15) is 38.1 Å². The highest BCUT2D eigenvalue weighted by atomic mass is 16.5. The summed E-state index contributed by atoms with van der Waals surface area (Å²) in [7, 11) is 0. The third-order valence-electron chi connectivity index (χ3n) is 2.89. The molecule has 1 saturated heterocycles. The van der Waals surface area contributed by atoms with E-state index in [9.17, 15) is 5.11 Å². The second-order valence-corrected chi connectivity index (χ2v) is 4.04. The van der Waals surface area contributed by atoms with Gasteiger partial charge in [-0.1, -0.05) is 0 Å². The van der Waals surface area contributed by atoms with Crippen LogP contribution in [-0.4, -0.2) is 17.3 Å². The van der Waals surface area contributed by atoms with Crippen molar-refractivity contribution in [2.75, 3.05) is 6.61 Å². The van der Waals surface area contributed by atoms with E-state index in [1.54, 1.807) is 18.4 Å². The summed E-state index contributed by atoms with van der Waals surface area (Å²) in [6.45, 7) is 2.67. The van der Waals surface area contributed by atoms with E-state index < -0.39 is 11.7 Å². The van der Waals surface area contributed by atoms with Gasteiger partial charge in [-0.3, -0.25) is 0 Å². The maximum atomic E-state index is 10.1. The molecule has 1 aliphatic heterocycles. The van der Waals surface area contributed by atoms with E-state index in [0.717, 1.165) is 25.9 Å². The molecule has 78 valence electrons. The van der Waals surface area contributed by atoms with E-state index in [1.165, 1.54) is 0 Å². The predicted molar refractivity (Wildman–Crippen MR) is 51.9 cm³/mol. The number of hydrogen-bond donors (Lipinski definition) is 1. The molecule has 14 heavy (non-hydrogen) atoms. The number of rotatable bonds is 2. The lowest BCUT2D eigenvalue weighted by molar-refractivity contribution is -0.143. The molecular weight excluding hydrogens is 180 g/mol. The first-order valence-electron chi connectivity index (χ1n) is 5.08. The van der Waals surface area contributed by atoms with Crippen LogP contribution in [0.15, 0.2) is 22.8 Å². The van der Waals surface area contributed by atoms with Crippen molar-refractivity contribution in [1.82, 2.24) is 0 Å². The molecule has 0 saturated carbocycles. The average Bonchev–Trinajstić information content (AvgIpc) is 2.70. The van der Waals surface area contributed by atoms with Crippen molar-refractivity contribution >= 4 is 0 Å². The fourth-order valence-electron chi connectivity index (χ4n) is 1.92. The highest BCUT2D eigenvalue weighted by molar-refractivity contribution is 5.07. The molecule has 2 heterocycles. The minimum Gasteiger partial charge on any atom is -0.466 e.